The first kappa shape index (κ1) is 17.9. The van der Waals surface area contributed by atoms with Gasteiger partial charge in [-0.15, -0.1) is 0 Å². The Morgan fingerprint density at radius 3 is 2.28 bits per heavy atom. The van der Waals surface area contributed by atoms with Gasteiger partial charge in [0.15, 0.2) is 0 Å². The van der Waals surface area contributed by atoms with E-state index in [0.29, 0.717) is 22.9 Å². The highest BCUT2D eigenvalue weighted by Gasteiger charge is 2.41. The molecule has 0 atom stereocenters. The highest BCUT2D eigenvalue weighted by molar-refractivity contribution is 6.36. The Bertz CT molecular complexity index is 694. The topological polar surface area (TPSA) is 53.1 Å². The van der Waals surface area contributed by atoms with Crippen LogP contribution in [0.25, 0.3) is 5.57 Å². The fourth-order valence-corrected chi connectivity index (χ4v) is 3.28. The summed E-state index contributed by atoms with van der Waals surface area (Å²) in [5.74, 6) is -0.505. The number of nitrogens with zero attached hydrogens (tertiary/aromatic N) is 3. The number of carbonyl (C=O) groups excluding carboxylic acids is 2. The minimum atomic E-state index is -0.265. The Morgan fingerprint density at radius 2 is 1.68 bits per heavy atom. The van der Waals surface area contributed by atoms with Crippen molar-refractivity contribution in [2.75, 3.05) is 53.5 Å². The minimum Gasteiger partial charge on any atom is -0.383 e. The SMILES string of the molecule is COCCN1C(=O)C(c2ccc(Cl)cc2)=C(N2CCN(C)CC2)C1=O. The van der Waals surface area contributed by atoms with E-state index < -0.39 is 0 Å². The number of amides is 2. The Morgan fingerprint density at radius 1 is 1.04 bits per heavy atom. The maximum atomic E-state index is 13.0. The van der Waals surface area contributed by atoms with Crippen LogP contribution in [-0.4, -0.2) is 80.0 Å². The maximum absolute atomic E-state index is 13.0. The molecule has 1 aromatic carbocycles. The molecule has 2 amide bonds. The molecule has 2 aliphatic rings. The molecule has 2 aliphatic heterocycles. The third kappa shape index (κ3) is 3.56. The standard InChI is InChI=1S/C18H22ClN3O3/c1-20-7-9-21(10-8-20)16-15(13-3-5-14(19)6-4-13)17(23)22(18(16)24)11-12-25-2/h3-6H,7-12H2,1-2H3. The second kappa shape index (κ2) is 7.56. The number of ether oxygens (including phenoxy) is 1. The molecule has 2 heterocycles. The van der Waals surface area contributed by atoms with Gasteiger partial charge in [0.2, 0.25) is 0 Å². The third-order valence-corrected chi connectivity index (χ3v) is 4.87. The lowest BCUT2D eigenvalue weighted by Crippen LogP contribution is -2.46. The Balaban J connectivity index is 1.99. The number of methoxy groups -OCH3 is 1. The van der Waals surface area contributed by atoms with E-state index in [1.54, 1.807) is 31.4 Å². The molecule has 0 spiro atoms. The Kier molecular flexibility index (Phi) is 5.42. The van der Waals surface area contributed by atoms with Gasteiger partial charge >= 0.3 is 0 Å². The number of hydrogen-bond donors (Lipinski definition) is 0. The van der Waals surface area contributed by atoms with Crippen LogP contribution < -0.4 is 0 Å². The number of benzene rings is 1. The molecule has 1 fully saturated rings. The molecule has 0 N–H and O–H groups in total. The minimum absolute atomic E-state index is 0.239. The van der Waals surface area contributed by atoms with E-state index in [1.807, 2.05) is 4.90 Å². The van der Waals surface area contributed by atoms with E-state index in [1.165, 1.54) is 4.90 Å². The fourth-order valence-electron chi connectivity index (χ4n) is 3.15. The Labute approximate surface area is 152 Å². The van der Waals surface area contributed by atoms with E-state index in [9.17, 15) is 9.59 Å². The van der Waals surface area contributed by atoms with E-state index in [0.717, 1.165) is 31.7 Å². The summed E-state index contributed by atoms with van der Waals surface area (Å²) in [6.45, 7) is 3.73. The van der Waals surface area contributed by atoms with Crippen molar-refractivity contribution in [3.05, 3.63) is 40.5 Å². The van der Waals surface area contributed by atoms with Gasteiger partial charge in [-0.2, -0.15) is 0 Å². The smallest absolute Gasteiger partial charge is 0.277 e. The average Bonchev–Trinajstić information content (AvgIpc) is 2.85. The lowest BCUT2D eigenvalue weighted by molar-refractivity contribution is -0.138. The first-order valence-electron chi connectivity index (χ1n) is 8.31. The molecular weight excluding hydrogens is 342 g/mol. The molecule has 3 rings (SSSR count). The molecule has 134 valence electrons. The van der Waals surface area contributed by atoms with Gasteiger partial charge in [-0.3, -0.25) is 14.5 Å². The number of imide groups is 1. The molecule has 0 unspecified atom stereocenters. The van der Waals surface area contributed by atoms with Crippen molar-refractivity contribution in [1.29, 1.82) is 0 Å². The number of rotatable bonds is 5. The van der Waals surface area contributed by atoms with Crippen LogP contribution in [-0.2, 0) is 14.3 Å². The maximum Gasteiger partial charge on any atom is 0.277 e. The van der Waals surface area contributed by atoms with Gasteiger partial charge < -0.3 is 14.5 Å². The molecule has 1 aromatic rings. The van der Waals surface area contributed by atoms with Crippen LogP contribution in [0.15, 0.2) is 30.0 Å². The molecule has 1 saturated heterocycles. The zero-order valence-corrected chi connectivity index (χ0v) is 15.3. The first-order chi connectivity index (χ1) is 12.0. The monoisotopic (exact) mass is 363 g/mol. The normalized spacial score (nSPS) is 19.3. The summed E-state index contributed by atoms with van der Waals surface area (Å²) < 4.78 is 5.05. The van der Waals surface area contributed by atoms with Crippen molar-refractivity contribution in [2.45, 2.75) is 0 Å². The van der Waals surface area contributed by atoms with Crippen LogP contribution in [0.3, 0.4) is 0 Å². The van der Waals surface area contributed by atoms with E-state index in [-0.39, 0.29) is 18.4 Å². The van der Waals surface area contributed by atoms with Crippen LogP contribution in [0.2, 0.25) is 5.02 Å². The van der Waals surface area contributed by atoms with Gasteiger partial charge in [-0.05, 0) is 24.7 Å². The highest BCUT2D eigenvalue weighted by atomic mass is 35.5. The fraction of sp³-hybridized carbons (Fsp3) is 0.444. The highest BCUT2D eigenvalue weighted by Crippen LogP contribution is 2.32. The lowest BCUT2D eigenvalue weighted by atomic mass is 10.0. The summed E-state index contributed by atoms with van der Waals surface area (Å²) in [5.41, 5.74) is 1.68. The molecule has 0 bridgehead atoms. The van der Waals surface area contributed by atoms with Crippen molar-refractivity contribution < 1.29 is 14.3 Å². The number of hydrogen-bond acceptors (Lipinski definition) is 5. The summed E-state index contributed by atoms with van der Waals surface area (Å²) in [7, 11) is 3.61. The first-order valence-corrected chi connectivity index (χ1v) is 8.69. The van der Waals surface area contributed by atoms with Crippen molar-refractivity contribution in [1.82, 2.24) is 14.7 Å². The predicted molar refractivity (Wildman–Crippen MR) is 96.0 cm³/mol. The molecule has 6 nitrogen and oxygen atoms in total. The summed E-state index contributed by atoms with van der Waals surface area (Å²) in [4.78, 5) is 31.4. The second-order valence-corrected chi connectivity index (χ2v) is 6.71. The van der Waals surface area contributed by atoms with Crippen LogP contribution in [0.1, 0.15) is 5.56 Å². The largest absolute Gasteiger partial charge is 0.383 e. The predicted octanol–water partition coefficient (Wildman–Crippen LogP) is 1.31. The van der Waals surface area contributed by atoms with Gasteiger partial charge in [0.25, 0.3) is 11.8 Å². The molecule has 0 aliphatic carbocycles. The second-order valence-electron chi connectivity index (χ2n) is 6.28. The van der Waals surface area contributed by atoms with E-state index in [4.69, 9.17) is 16.3 Å². The van der Waals surface area contributed by atoms with Crippen LogP contribution in [0.5, 0.6) is 0 Å². The summed E-state index contributed by atoms with van der Waals surface area (Å²) >= 11 is 5.97. The molecule has 0 radical (unpaired) electrons. The van der Waals surface area contributed by atoms with Gasteiger partial charge in [-0.1, -0.05) is 23.7 Å². The molecule has 0 saturated carbocycles. The van der Waals surface area contributed by atoms with E-state index >= 15 is 0 Å². The quantitative estimate of drug-likeness (QED) is 0.738. The van der Waals surface area contributed by atoms with Crippen LogP contribution in [0, 0.1) is 0 Å². The van der Waals surface area contributed by atoms with Gasteiger partial charge in [0.1, 0.15) is 5.70 Å². The summed E-state index contributed by atoms with van der Waals surface area (Å²) in [6, 6.07) is 7.06. The number of halogens is 1. The van der Waals surface area contributed by atoms with Crippen molar-refractivity contribution in [3.8, 4) is 0 Å². The number of piperazine rings is 1. The van der Waals surface area contributed by atoms with Gasteiger partial charge in [0, 0.05) is 38.3 Å². The van der Waals surface area contributed by atoms with Gasteiger partial charge in [0.05, 0.1) is 18.7 Å². The van der Waals surface area contributed by atoms with Crippen molar-refractivity contribution in [3.63, 3.8) is 0 Å². The zero-order chi connectivity index (χ0) is 18.0. The molecule has 0 aromatic heterocycles. The van der Waals surface area contributed by atoms with E-state index in [2.05, 4.69) is 11.9 Å². The Hall–Kier alpha value is -1.89. The van der Waals surface area contributed by atoms with Crippen LogP contribution >= 0.6 is 11.6 Å². The summed E-state index contributed by atoms with van der Waals surface area (Å²) in [6.07, 6.45) is 0. The molecular formula is C18H22ClN3O3. The number of carbonyl (C=O) groups is 2. The van der Waals surface area contributed by atoms with Gasteiger partial charge in [-0.25, -0.2) is 0 Å². The van der Waals surface area contributed by atoms with Crippen molar-refractivity contribution >= 4 is 29.0 Å². The summed E-state index contributed by atoms with van der Waals surface area (Å²) in [5, 5.41) is 0.596. The zero-order valence-electron chi connectivity index (χ0n) is 14.5. The van der Waals surface area contributed by atoms with Crippen molar-refractivity contribution in [2.24, 2.45) is 0 Å². The molecule has 25 heavy (non-hydrogen) atoms. The number of likely N-dealkylation sites (N-methyl/N-ethyl adjacent to an activating group) is 1. The van der Waals surface area contributed by atoms with Crippen LogP contribution in [0.4, 0.5) is 0 Å². The lowest BCUT2D eigenvalue weighted by Gasteiger charge is -2.34. The average molecular weight is 364 g/mol. The molecule has 7 heteroatoms. The third-order valence-electron chi connectivity index (χ3n) is 4.61.